The highest BCUT2D eigenvalue weighted by Gasteiger charge is 2.14. The number of nitrogens with one attached hydrogen (secondary N) is 2. The van der Waals surface area contributed by atoms with Gasteiger partial charge in [0.15, 0.2) is 6.61 Å². The van der Waals surface area contributed by atoms with E-state index in [9.17, 15) is 14.4 Å². The molecule has 28 heavy (non-hydrogen) atoms. The van der Waals surface area contributed by atoms with Crippen molar-refractivity contribution in [2.24, 2.45) is 0 Å². The Morgan fingerprint density at radius 3 is 2.29 bits per heavy atom. The lowest BCUT2D eigenvalue weighted by molar-refractivity contribution is -0.146. The molecule has 0 heterocycles. The van der Waals surface area contributed by atoms with E-state index >= 15 is 0 Å². The molecular weight excluding hydrogens is 356 g/mol. The number of amides is 2. The van der Waals surface area contributed by atoms with Gasteiger partial charge in [-0.2, -0.15) is 0 Å². The Hall–Kier alpha value is -3.15. The number of hydrogen-bond donors (Lipinski definition) is 2. The summed E-state index contributed by atoms with van der Waals surface area (Å²) in [4.78, 5) is 35.2. The van der Waals surface area contributed by atoms with Crippen LogP contribution in [0, 0.1) is 6.92 Å². The molecule has 0 atom stereocenters. The van der Waals surface area contributed by atoms with Gasteiger partial charge in [-0.05, 0) is 41.7 Å². The maximum atomic E-state index is 12.2. The minimum absolute atomic E-state index is 0.0508. The van der Waals surface area contributed by atoms with Gasteiger partial charge in [-0.25, -0.2) is 0 Å². The number of ether oxygens (including phenoxy) is 1. The Morgan fingerprint density at radius 1 is 1.00 bits per heavy atom. The molecule has 0 saturated carbocycles. The number of esters is 1. The van der Waals surface area contributed by atoms with Gasteiger partial charge in [0, 0.05) is 18.3 Å². The van der Waals surface area contributed by atoms with E-state index in [1.165, 1.54) is 6.92 Å². The molecule has 0 aliphatic carbocycles. The van der Waals surface area contributed by atoms with Crippen molar-refractivity contribution in [2.45, 2.75) is 40.0 Å². The fourth-order valence-electron chi connectivity index (χ4n) is 2.79. The summed E-state index contributed by atoms with van der Waals surface area (Å²) in [7, 11) is 0. The van der Waals surface area contributed by atoms with Crippen molar-refractivity contribution in [3.05, 3.63) is 59.2 Å². The first-order valence-electron chi connectivity index (χ1n) is 9.17. The number of rotatable bonds is 7. The molecule has 0 aliphatic heterocycles. The van der Waals surface area contributed by atoms with Crippen LogP contribution in [-0.2, 0) is 25.5 Å². The van der Waals surface area contributed by atoms with Gasteiger partial charge in [-0.15, -0.1) is 0 Å². The molecule has 0 fully saturated rings. The fourth-order valence-corrected chi connectivity index (χ4v) is 2.79. The minimum Gasteiger partial charge on any atom is -0.455 e. The van der Waals surface area contributed by atoms with Crippen molar-refractivity contribution in [3.8, 4) is 0 Å². The van der Waals surface area contributed by atoms with Crippen LogP contribution in [-0.4, -0.2) is 24.4 Å². The van der Waals surface area contributed by atoms with Crippen molar-refractivity contribution in [1.82, 2.24) is 0 Å². The smallest absolute Gasteiger partial charge is 0.310 e. The van der Waals surface area contributed by atoms with Crippen LogP contribution in [0.3, 0.4) is 0 Å². The molecule has 6 nitrogen and oxygen atoms in total. The predicted molar refractivity (Wildman–Crippen MR) is 109 cm³/mol. The van der Waals surface area contributed by atoms with Gasteiger partial charge < -0.3 is 15.4 Å². The maximum absolute atomic E-state index is 12.2. The second-order valence-electron chi connectivity index (χ2n) is 6.96. The van der Waals surface area contributed by atoms with Crippen LogP contribution in [0.15, 0.2) is 42.5 Å². The molecule has 2 aromatic rings. The fraction of sp³-hybridized carbons (Fsp3) is 0.318. The van der Waals surface area contributed by atoms with Crippen LogP contribution in [0.25, 0.3) is 0 Å². The third-order valence-electron chi connectivity index (χ3n) is 4.18. The van der Waals surface area contributed by atoms with E-state index in [-0.39, 0.29) is 30.8 Å². The number of aryl methyl sites for hydroxylation is 1. The quantitative estimate of drug-likeness (QED) is 0.714. The van der Waals surface area contributed by atoms with Gasteiger partial charge in [-0.3, -0.25) is 14.4 Å². The Labute approximate surface area is 165 Å². The first-order valence-corrected chi connectivity index (χ1v) is 9.17. The monoisotopic (exact) mass is 382 g/mol. The molecule has 2 amide bonds. The van der Waals surface area contributed by atoms with E-state index < -0.39 is 5.97 Å². The molecule has 148 valence electrons. The van der Waals surface area contributed by atoms with Gasteiger partial charge in [0.1, 0.15) is 0 Å². The van der Waals surface area contributed by atoms with Crippen molar-refractivity contribution >= 4 is 29.2 Å². The lowest BCUT2D eigenvalue weighted by Crippen LogP contribution is -2.22. The van der Waals surface area contributed by atoms with Gasteiger partial charge >= 0.3 is 5.97 Å². The zero-order valence-electron chi connectivity index (χ0n) is 16.7. The summed E-state index contributed by atoms with van der Waals surface area (Å²) in [6.07, 6.45) is 0.0508. The summed E-state index contributed by atoms with van der Waals surface area (Å²) < 4.78 is 5.09. The standard InChI is InChI=1S/C22H26N2O4/c1-14(2)19-7-5-6-15(3)22(19)24-20(26)13-28-21(27)12-17-8-10-18(11-9-17)23-16(4)25/h5-11,14H,12-13H2,1-4H3,(H,23,25)(H,24,26). The average molecular weight is 382 g/mol. The predicted octanol–water partition coefficient (Wildman–Crippen LogP) is 3.80. The number of para-hydroxylation sites is 1. The molecule has 0 bridgehead atoms. The highest BCUT2D eigenvalue weighted by Crippen LogP contribution is 2.27. The van der Waals surface area contributed by atoms with Gasteiger partial charge in [0.2, 0.25) is 5.91 Å². The van der Waals surface area contributed by atoms with Gasteiger partial charge in [0.25, 0.3) is 5.91 Å². The van der Waals surface area contributed by atoms with E-state index in [1.807, 2.05) is 25.1 Å². The zero-order valence-corrected chi connectivity index (χ0v) is 16.7. The zero-order chi connectivity index (χ0) is 20.7. The SMILES string of the molecule is CC(=O)Nc1ccc(CC(=O)OCC(=O)Nc2c(C)cccc2C(C)C)cc1. The molecule has 0 aromatic heterocycles. The van der Waals surface area contributed by atoms with Crippen molar-refractivity contribution in [3.63, 3.8) is 0 Å². The van der Waals surface area contributed by atoms with Crippen LogP contribution in [0.1, 0.15) is 43.4 Å². The van der Waals surface area contributed by atoms with Gasteiger partial charge in [0.05, 0.1) is 6.42 Å². The molecule has 2 aromatic carbocycles. The first-order chi connectivity index (χ1) is 13.3. The van der Waals surface area contributed by atoms with Crippen LogP contribution in [0.5, 0.6) is 0 Å². The molecule has 2 rings (SSSR count). The lowest BCUT2D eigenvalue weighted by atomic mass is 9.98. The van der Waals surface area contributed by atoms with E-state index in [4.69, 9.17) is 4.74 Å². The summed E-state index contributed by atoms with van der Waals surface area (Å²) in [5, 5.41) is 5.51. The number of carbonyl (C=O) groups is 3. The summed E-state index contributed by atoms with van der Waals surface area (Å²) >= 11 is 0. The molecule has 0 radical (unpaired) electrons. The number of carbonyl (C=O) groups excluding carboxylic acids is 3. The van der Waals surface area contributed by atoms with Crippen LogP contribution in [0.2, 0.25) is 0 Å². The Morgan fingerprint density at radius 2 is 1.68 bits per heavy atom. The normalized spacial score (nSPS) is 10.5. The number of anilines is 2. The number of hydrogen-bond acceptors (Lipinski definition) is 4. The van der Waals surface area contributed by atoms with E-state index in [0.29, 0.717) is 5.69 Å². The molecule has 2 N–H and O–H groups in total. The maximum Gasteiger partial charge on any atom is 0.310 e. The third kappa shape index (κ3) is 6.23. The largest absolute Gasteiger partial charge is 0.455 e. The highest BCUT2D eigenvalue weighted by molar-refractivity contribution is 5.94. The first kappa shape index (κ1) is 21.2. The van der Waals surface area contributed by atoms with Crippen LogP contribution in [0.4, 0.5) is 11.4 Å². The summed E-state index contributed by atoms with van der Waals surface area (Å²) in [6, 6.07) is 12.7. The second-order valence-corrected chi connectivity index (χ2v) is 6.96. The van der Waals surface area contributed by atoms with E-state index in [2.05, 4.69) is 24.5 Å². The van der Waals surface area contributed by atoms with E-state index in [1.54, 1.807) is 24.3 Å². The topological polar surface area (TPSA) is 84.5 Å². The molecule has 6 heteroatoms. The lowest BCUT2D eigenvalue weighted by Gasteiger charge is -2.16. The second kappa shape index (κ2) is 9.69. The number of benzene rings is 2. The average Bonchev–Trinajstić information content (AvgIpc) is 2.62. The molecule has 0 saturated heterocycles. The molecule has 0 unspecified atom stereocenters. The van der Waals surface area contributed by atoms with Crippen LogP contribution < -0.4 is 10.6 Å². The van der Waals surface area contributed by atoms with Crippen molar-refractivity contribution in [2.75, 3.05) is 17.2 Å². The molecule has 0 aliphatic rings. The summed E-state index contributed by atoms with van der Waals surface area (Å²) in [6.45, 7) is 7.13. The highest BCUT2D eigenvalue weighted by atomic mass is 16.5. The van der Waals surface area contributed by atoms with Crippen molar-refractivity contribution < 1.29 is 19.1 Å². The summed E-state index contributed by atoms with van der Waals surface area (Å²) in [5.74, 6) is -0.757. The molecule has 0 spiro atoms. The van der Waals surface area contributed by atoms with Crippen molar-refractivity contribution in [1.29, 1.82) is 0 Å². The Balaban J connectivity index is 1.88. The third-order valence-corrected chi connectivity index (χ3v) is 4.18. The van der Waals surface area contributed by atoms with Gasteiger partial charge in [-0.1, -0.05) is 44.2 Å². The van der Waals surface area contributed by atoms with E-state index in [0.717, 1.165) is 22.4 Å². The molecular formula is C22H26N2O4. The summed E-state index contributed by atoms with van der Waals surface area (Å²) in [5.41, 5.74) is 4.17. The van der Waals surface area contributed by atoms with Crippen LogP contribution >= 0.6 is 0 Å². The Kier molecular flexibility index (Phi) is 7.32. The minimum atomic E-state index is -0.490. The Bertz CT molecular complexity index is 857.